The molecule has 0 saturated carbocycles. The molecule has 1 aromatic heterocycles. The second kappa shape index (κ2) is 5.03. The summed E-state index contributed by atoms with van der Waals surface area (Å²) in [5.74, 6) is 0. The Bertz CT molecular complexity index is 401. The lowest BCUT2D eigenvalue weighted by molar-refractivity contribution is 0.150. The monoisotopic (exact) mass is 275 g/mol. The summed E-state index contributed by atoms with van der Waals surface area (Å²) in [6.07, 6.45) is -2.80. The minimum atomic E-state index is -2.66. The van der Waals surface area contributed by atoms with Gasteiger partial charge in [0, 0.05) is 10.9 Å². The average Bonchev–Trinajstić information content (AvgIpc) is 2.20. The summed E-state index contributed by atoms with van der Waals surface area (Å²) in [5, 5.41) is 8.86. The zero-order chi connectivity index (χ0) is 11.4. The molecule has 0 aliphatic carbocycles. The lowest BCUT2D eigenvalue weighted by Crippen LogP contribution is -2.04. The molecule has 0 spiro atoms. The number of aromatic nitrogens is 1. The van der Waals surface area contributed by atoms with E-state index in [9.17, 15) is 8.78 Å². The number of nitrogens with two attached hydrogens (primary N) is 1. The number of pyridine rings is 1. The van der Waals surface area contributed by atoms with Gasteiger partial charge in [0.05, 0.1) is 29.6 Å². The zero-order valence-electron chi connectivity index (χ0n) is 7.67. The molecule has 0 fully saturated rings. The van der Waals surface area contributed by atoms with Gasteiger partial charge in [-0.05, 0) is 6.07 Å². The van der Waals surface area contributed by atoms with E-state index in [4.69, 9.17) is 11.0 Å². The maximum atomic E-state index is 12.5. The van der Waals surface area contributed by atoms with Crippen LogP contribution in [0.5, 0.6) is 0 Å². The highest BCUT2D eigenvalue weighted by molar-refractivity contribution is 9.08. The molecule has 0 amide bonds. The summed E-state index contributed by atoms with van der Waals surface area (Å²) in [4.78, 5) is 3.93. The summed E-state index contributed by atoms with van der Waals surface area (Å²) in [6, 6.07) is 2.98. The fourth-order valence-electron chi connectivity index (χ4n) is 1.14. The Morgan fingerprint density at radius 3 is 2.67 bits per heavy atom. The molecule has 0 bridgehead atoms. The van der Waals surface area contributed by atoms with Crippen molar-refractivity contribution in [2.45, 2.75) is 18.2 Å². The van der Waals surface area contributed by atoms with Gasteiger partial charge < -0.3 is 5.73 Å². The molecule has 0 aliphatic heterocycles. The third-order valence-electron chi connectivity index (χ3n) is 1.86. The first-order chi connectivity index (χ1) is 7.10. The summed E-state index contributed by atoms with van der Waals surface area (Å²) < 4.78 is 25.1. The van der Waals surface area contributed by atoms with Crippen molar-refractivity contribution < 1.29 is 8.78 Å². The van der Waals surface area contributed by atoms with Crippen LogP contribution in [0.4, 0.5) is 14.5 Å². The van der Waals surface area contributed by atoms with Crippen molar-refractivity contribution in [3.8, 4) is 6.07 Å². The number of nitrogen functional groups attached to an aromatic ring is 1. The van der Waals surface area contributed by atoms with Crippen molar-refractivity contribution in [3.63, 3.8) is 0 Å². The highest BCUT2D eigenvalue weighted by Gasteiger charge is 2.16. The van der Waals surface area contributed by atoms with Crippen molar-refractivity contribution in [3.05, 3.63) is 23.0 Å². The van der Waals surface area contributed by atoms with E-state index in [1.54, 1.807) is 6.07 Å². The molecule has 0 aromatic carbocycles. The van der Waals surface area contributed by atoms with Gasteiger partial charge in [-0.1, -0.05) is 15.9 Å². The normalized spacial score (nSPS) is 10.3. The molecule has 2 N–H and O–H groups in total. The molecule has 6 heteroatoms. The van der Waals surface area contributed by atoms with Gasteiger partial charge in [-0.15, -0.1) is 0 Å². The Morgan fingerprint density at radius 1 is 1.53 bits per heavy atom. The van der Waals surface area contributed by atoms with Gasteiger partial charge >= 0.3 is 0 Å². The third-order valence-corrected chi connectivity index (χ3v) is 2.39. The predicted molar refractivity (Wildman–Crippen MR) is 55.6 cm³/mol. The largest absolute Gasteiger partial charge is 0.397 e. The van der Waals surface area contributed by atoms with Crippen LogP contribution in [0.15, 0.2) is 6.07 Å². The minimum Gasteiger partial charge on any atom is -0.397 e. The molecule has 0 saturated heterocycles. The molecule has 0 radical (unpaired) electrons. The number of alkyl halides is 3. The molecule has 0 unspecified atom stereocenters. The molecule has 3 nitrogen and oxygen atoms in total. The predicted octanol–water partition coefficient (Wildman–Crippen LogP) is 2.56. The topological polar surface area (TPSA) is 62.7 Å². The van der Waals surface area contributed by atoms with Crippen molar-refractivity contribution in [1.82, 2.24) is 4.98 Å². The van der Waals surface area contributed by atoms with E-state index in [0.29, 0.717) is 11.0 Å². The second-order valence-electron chi connectivity index (χ2n) is 2.83. The summed E-state index contributed by atoms with van der Waals surface area (Å²) in [6.45, 7) is 0. The van der Waals surface area contributed by atoms with Gasteiger partial charge in [0.25, 0.3) is 6.43 Å². The van der Waals surface area contributed by atoms with Crippen LogP contribution in [0.1, 0.15) is 23.4 Å². The molecule has 1 aromatic rings. The SMILES string of the molecule is N#CCc1nc(CBr)c(N)cc1C(F)F. The first-order valence-electron chi connectivity index (χ1n) is 4.09. The van der Waals surface area contributed by atoms with E-state index in [-0.39, 0.29) is 23.4 Å². The van der Waals surface area contributed by atoms with E-state index in [1.807, 2.05) is 0 Å². The van der Waals surface area contributed by atoms with E-state index < -0.39 is 6.43 Å². The Hall–Kier alpha value is -1.22. The average molecular weight is 276 g/mol. The molecule has 0 aliphatic rings. The molecule has 0 atom stereocenters. The third kappa shape index (κ3) is 2.63. The number of nitriles is 1. The van der Waals surface area contributed by atoms with Crippen molar-refractivity contribution in [1.29, 1.82) is 5.26 Å². The molecule has 1 rings (SSSR count). The first-order valence-corrected chi connectivity index (χ1v) is 5.21. The van der Waals surface area contributed by atoms with Crippen molar-refractivity contribution in [2.75, 3.05) is 5.73 Å². The Morgan fingerprint density at radius 2 is 2.20 bits per heavy atom. The van der Waals surface area contributed by atoms with Crippen LogP contribution in [0, 0.1) is 11.3 Å². The van der Waals surface area contributed by atoms with Gasteiger partial charge in [0.2, 0.25) is 0 Å². The van der Waals surface area contributed by atoms with Gasteiger partial charge in [-0.25, -0.2) is 8.78 Å². The number of rotatable bonds is 3. The number of nitrogens with zero attached hydrogens (tertiary/aromatic N) is 2. The van der Waals surface area contributed by atoms with Crippen molar-refractivity contribution >= 4 is 21.6 Å². The van der Waals surface area contributed by atoms with E-state index in [1.165, 1.54) is 6.07 Å². The first kappa shape index (κ1) is 11.9. The minimum absolute atomic E-state index is 0.0937. The van der Waals surface area contributed by atoms with Crippen LogP contribution in [0.25, 0.3) is 0 Å². The molecule has 1 heterocycles. The maximum Gasteiger partial charge on any atom is 0.265 e. The second-order valence-corrected chi connectivity index (χ2v) is 3.39. The van der Waals surface area contributed by atoms with Crippen LogP contribution < -0.4 is 5.73 Å². The smallest absolute Gasteiger partial charge is 0.265 e. The standard InChI is InChI=1S/C9H8BrF2N3/c10-4-8-6(14)3-5(9(11)12)7(15-8)1-2-13/h3,9H,1,4,14H2. The van der Waals surface area contributed by atoms with Crippen LogP contribution >= 0.6 is 15.9 Å². The van der Waals surface area contributed by atoms with Gasteiger partial charge in [0.1, 0.15) is 0 Å². The number of halogens is 3. The molecule has 80 valence electrons. The quantitative estimate of drug-likeness (QED) is 0.863. The van der Waals surface area contributed by atoms with E-state index in [2.05, 4.69) is 20.9 Å². The molecular formula is C9H8BrF2N3. The van der Waals surface area contributed by atoms with Crippen LogP contribution in [-0.2, 0) is 11.8 Å². The molecular weight excluding hydrogens is 268 g/mol. The highest BCUT2D eigenvalue weighted by Crippen LogP contribution is 2.26. The Balaban J connectivity index is 3.26. The van der Waals surface area contributed by atoms with E-state index in [0.717, 1.165) is 0 Å². The van der Waals surface area contributed by atoms with E-state index >= 15 is 0 Å². The summed E-state index contributed by atoms with van der Waals surface area (Å²) in [5.41, 5.74) is 6.04. The summed E-state index contributed by atoms with van der Waals surface area (Å²) >= 11 is 3.14. The van der Waals surface area contributed by atoms with Crippen molar-refractivity contribution in [2.24, 2.45) is 0 Å². The maximum absolute atomic E-state index is 12.5. The fraction of sp³-hybridized carbons (Fsp3) is 0.333. The van der Waals surface area contributed by atoms with Crippen LogP contribution in [0.2, 0.25) is 0 Å². The van der Waals surface area contributed by atoms with Gasteiger partial charge in [0.15, 0.2) is 0 Å². The summed E-state index contributed by atoms with van der Waals surface area (Å²) in [7, 11) is 0. The zero-order valence-corrected chi connectivity index (χ0v) is 9.26. The van der Waals surface area contributed by atoms with Gasteiger partial charge in [-0.2, -0.15) is 5.26 Å². The number of anilines is 1. The number of hydrogen-bond acceptors (Lipinski definition) is 3. The van der Waals surface area contributed by atoms with Crippen LogP contribution in [-0.4, -0.2) is 4.98 Å². The Labute approximate surface area is 94.0 Å². The highest BCUT2D eigenvalue weighted by atomic mass is 79.9. The van der Waals surface area contributed by atoms with Gasteiger partial charge in [-0.3, -0.25) is 4.98 Å². The van der Waals surface area contributed by atoms with Crippen LogP contribution in [0.3, 0.4) is 0 Å². The molecule has 15 heavy (non-hydrogen) atoms. The fourth-order valence-corrected chi connectivity index (χ4v) is 1.59. The lowest BCUT2D eigenvalue weighted by Gasteiger charge is -2.09. The Kier molecular flexibility index (Phi) is 3.97. The lowest BCUT2D eigenvalue weighted by atomic mass is 10.1. The number of hydrogen-bond donors (Lipinski definition) is 1.